The Hall–Kier alpha value is -2.62. The van der Waals surface area contributed by atoms with E-state index < -0.39 is 0 Å². The lowest BCUT2D eigenvalue weighted by Gasteiger charge is -2.27. The zero-order valence-corrected chi connectivity index (χ0v) is 11.4. The number of fused-ring (bicyclic) bond motifs is 3. The summed E-state index contributed by atoms with van der Waals surface area (Å²) in [6.45, 7) is 0.467. The molecule has 2 aromatic rings. The van der Waals surface area contributed by atoms with Crippen LogP contribution in [0.15, 0.2) is 42.5 Å². The second kappa shape index (κ2) is 4.45. The molecule has 1 saturated heterocycles. The average molecular weight is 278 g/mol. The van der Waals surface area contributed by atoms with Crippen molar-refractivity contribution in [3.05, 3.63) is 53.6 Å². The molecule has 2 aliphatic rings. The third kappa shape index (κ3) is 2.00. The first kappa shape index (κ1) is 12.1. The SMILES string of the molecule is O=C1CN(c2ccc3c(c2)Cc2ccccc2-3)CC(=O)N1. The standard InChI is InChI=1S/C17H14N2O2/c20-16-9-19(10-17(21)18-16)13-5-6-15-12(8-13)7-11-3-1-2-4-14(11)15/h1-6,8H,7,9-10H2,(H,18,20,21). The molecule has 21 heavy (non-hydrogen) atoms. The number of piperazine rings is 1. The molecule has 2 amide bonds. The van der Waals surface area contributed by atoms with E-state index in [1.54, 1.807) is 0 Å². The number of nitrogens with zero attached hydrogens (tertiary/aromatic N) is 1. The number of amides is 2. The van der Waals surface area contributed by atoms with Crippen LogP contribution in [0.4, 0.5) is 5.69 Å². The number of anilines is 1. The molecule has 0 bridgehead atoms. The minimum absolute atomic E-state index is 0.234. The van der Waals surface area contributed by atoms with E-state index in [0.717, 1.165) is 12.1 Å². The summed E-state index contributed by atoms with van der Waals surface area (Å²) in [6, 6.07) is 14.6. The second-order valence-electron chi connectivity index (χ2n) is 5.50. The topological polar surface area (TPSA) is 49.4 Å². The summed E-state index contributed by atoms with van der Waals surface area (Å²) in [7, 11) is 0. The van der Waals surface area contributed by atoms with Gasteiger partial charge < -0.3 is 4.90 Å². The van der Waals surface area contributed by atoms with Crippen molar-refractivity contribution in [2.75, 3.05) is 18.0 Å². The maximum atomic E-state index is 11.5. The van der Waals surface area contributed by atoms with E-state index >= 15 is 0 Å². The van der Waals surface area contributed by atoms with E-state index in [2.05, 4.69) is 41.7 Å². The molecule has 4 rings (SSSR count). The number of benzene rings is 2. The van der Waals surface area contributed by atoms with Crippen LogP contribution in [0, 0.1) is 0 Å². The van der Waals surface area contributed by atoms with E-state index in [9.17, 15) is 9.59 Å². The van der Waals surface area contributed by atoms with Crippen LogP contribution < -0.4 is 10.2 Å². The van der Waals surface area contributed by atoms with Gasteiger partial charge in [-0.05, 0) is 40.8 Å². The summed E-state index contributed by atoms with van der Waals surface area (Å²) in [6.07, 6.45) is 0.910. The van der Waals surface area contributed by atoms with Crippen LogP contribution >= 0.6 is 0 Å². The summed E-state index contributed by atoms with van der Waals surface area (Å²) in [5.74, 6) is -0.481. The van der Waals surface area contributed by atoms with Crippen molar-refractivity contribution in [1.82, 2.24) is 5.32 Å². The van der Waals surface area contributed by atoms with Gasteiger partial charge >= 0.3 is 0 Å². The van der Waals surface area contributed by atoms with E-state index in [4.69, 9.17) is 0 Å². The van der Waals surface area contributed by atoms with Gasteiger partial charge in [-0.2, -0.15) is 0 Å². The first-order chi connectivity index (χ1) is 10.2. The number of hydrogen-bond acceptors (Lipinski definition) is 3. The van der Waals surface area contributed by atoms with Crippen molar-refractivity contribution in [3.63, 3.8) is 0 Å². The van der Waals surface area contributed by atoms with Crippen molar-refractivity contribution >= 4 is 17.5 Å². The molecule has 1 N–H and O–H groups in total. The van der Waals surface area contributed by atoms with Gasteiger partial charge in [0.2, 0.25) is 11.8 Å². The maximum absolute atomic E-state index is 11.5. The van der Waals surface area contributed by atoms with E-state index in [1.165, 1.54) is 22.3 Å². The van der Waals surface area contributed by atoms with Gasteiger partial charge in [-0.3, -0.25) is 14.9 Å². The Balaban J connectivity index is 1.70. The molecule has 1 aliphatic carbocycles. The molecule has 2 aromatic carbocycles. The smallest absolute Gasteiger partial charge is 0.246 e. The third-order valence-corrected chi connectivity index (χ3v) is 4.09. The number of carbonyl (C=O) groups is 2. The Labute approximate surface area is 122 Å². The molecule has 4 heteroatoms. The molecule has 0 unspecified atom stereocenters. The molecular weight excluding hydrogens is 264 g/mol. The third-order valence-electron chi connectivity index (χ3n) is 4.09. The van der Waals surface area contributed by atoms with Crippen LogP contribution in [0.5, 0.6) is 0 Å². The summed E-state index contributed by atoms with van der Waals surface area (Å²) >= 11 is 0. The maximum Gasteiger partial charge on any atom is 0.246 e. The number of hydrogen-bond donors (Lipinski definition) is 1. The molecule has 1 aliphatic heterocycles. The highest BCUT2D eigenvalue weighted by Crippen LogP contribution is 2.38. The fraction of sp³-hybridized carbons (Fsp3) is 0.176. The lowest BCUT2D eigenvalue weighted by molar-refractivity contribution is -0.130. The molecule has 0 aromatic heterocycles. The fourth-order valence-corrected chi connectivity index (χ4v) is 3.15. The first-order valence-electron chi connectivity index (χ1n) is 6.99. The molecule has 4 nitrogen and oxygen atoms in total. The Morgan fingerprint density at radius 1 is 0.857 bits per heavy atom. The van der Waals surface area contributed by atoms with Gasteiger partial charge in [-0.1, -0.05) is 30.3 Å². The lowest BCUT2D eigenvalue weighted by atomic mass is 10.1. The molecule has 0 atom stereocenters. The highest BCUT2D eigenvalue weighted by atomic mass is 16.2. The van der Waals surface area contributed by atoms with Gasteiger partial charge in [0.05, 0.1) is 13.1 Å². The second-order valence-corrected chi connectivity index (χ2v) is 5.50. The lowest BCUT2D eigenvalue weighted by Crippen LogP contribution is -2.51. The van der Waals surface area contributed by atoms with Gasteiger partial charge in [0, 0.05) is 5.69 Å². The minimum Gasteiger partial charge on any atom is -0.353 e. The van der Waals surface area contributed by atoms with Gasteiger partial charge in [-0.15, -0.1) is 0 Å². The van der Waals surface area contributed by atoms with Crippen molar-refractivity contribution in [1.29, 1.82) is 0 Å². The predicted molar refractivity (Wildman–Crippen MR) is 80.0 cm³/mol. The zero-order valence-electron chi connectivity index (χ0n) is 11.4. The summed E-state index contributed by atoms with van der Waals surface area (Å²) in [5, 5.41) is 2.33. The molecule has 1 fully saturated rings. The van der Waals surface area contributed by atoms with Crippen molar-refractivity contribution < 1.29 is 9.59 Å². The Morgan fingerprint density at radius 3 is 2.38 bits per heavy atom. The number of imide groups is 1. The zero-order chi connectivity index (χ0) is 14.4. The van der Waals surface area contributed by atoms with Crippen LogP contribution in [-0.4, -0.2) is 24.9 Å². The molecule has 0 radical (unpaired) electrons. The van der Waals surface area contributed by atoms with E-state index in [-0.39, 0.29) is 24.9 Å². The van der Waals surface area contributed by atoms with Crippen LogP contribution in [0.25, 0.3) is 11.1 Å². The normalized spacial score (nSPS) is 16.5. The van der Waals surface area contributed by atoms with Crippen LogP contribution in [0.1, 0.15) is 11.1 Å². The number of rotatable bonds is 1. The van der Waals surface area contributed by atoms with Crippen molar-refractivity contribution in [3.8, 4) is 11.1 Å². The minimum atomic E-state index is -0.241. The van der Waals surface area contributed by atoms with Gasteiger partial charge in [0.25, 0.3) is 0 Å². The van der Waals surface area contributed by atoms with Crippen molar-refractivity contribution in [2.24, 2.45) is 0 Å². The van der Waals surface area contributed by atoms with E-state index in [1.807, 2.05) is 11.0 Å². The van der Waals surface area contributed by atoms with Gasteiger partial charge in [0.1, 0.15) is 0 Å². The first-order valence-corrected chi connectivity index (χ1v) is 6.99. The monoisotopic (exact) mass is 278 g/mol. The molecule has 1 heterocycles. The van der Waals surface area contributed by atoms with E-state index in [0.29, 0.717) is 0 Å². The molecule has 0 saturated carbocycles. The van der Waals surface area contributed by atoms with Crippen LogP contribution in [-0.2, 0) is 16.0 Å². The Bertz CT molecular complexity index is 751. The molecule has 104 valence electrons. The molecular formula is C17H14N2O2. The Kier molecular flexibility index (Phi) is 2.57. The Morgan fingerprint density at radius 2 is 1.57 bits per heavy atom. The summed E-state index contributed by atoms with van der Waals surface area (Å²) < 4.78 is 0. The molecule has 0 spiro atoms. The predicted octanol–water partition coefficient (Wildman–Crippen LogP) is 1.72. The van der Waals surface area contributed by atoms with Crippen molar-refractivity contribution in [2.45, 2.75) is 6.42 Å². The quantitative estimate of drug-likeness (QED) is 0.690. The average Bonchev–Trinajstić information content (AvgIpc) is 2.83. The summed E-state index contributed by atoms with van der Waals surface area (Å²) in [5.41, 5.74) is 6.06. The van der Waals surface area contributed by atoms with Gasteiger partial charge in [-0.25, -0.2) is 0 Å². The highest BCUT2D eigenvalue weighted by Gasteiger charge is 2.24. The highest BCUT2D eigenvalue weighted by molar-refractivity contribution is 6.02. The van der Waals surface area contributed by atoms with Gasteiger partial charge in [0.15, 0.2) is 0 Å². The summed E-state index contributed by atoms with van der Waals surface area (Å²) in [4.78, 5) is 24.8. The number of carbonyl (C=O) groups excluding carboxylic acids is 2. The van der Waals surface area contributed by atoms with Crippen LogP contribution in [0.2, 0.25) is 0 Å². The number of nitrogens with one attached hydrogen (secondary N) is 1. The largest absolute Gasteiger partial charge is 0.353 e. The van der Waals surface area contributed by atoms with Crippen LogP contribution in [0.3, 0.4) is 0 Å². The fourth-order valence-electron chi connectivity index (χ4n) is 3.15.